The van der Waals surface area contributed by atoms with Crippen LogP contribution in [0.25, 0.3) is 0 Å². The average molecular weight is 289 g/mol. The van der Waals surface area contributed by atoms with E-state index in [1.807, 2.05) is 0 Å². The van der Waals surface area contributed by atoms with Gasteiger partial charge in [0.25, 0.3) is 0 Å². The number of rotatable bonds is 5. The number of carbonyl (C=O) groups is 1. The van der Waals surface area contributed by atoms with Gasteiger partial charge in [0, 0.05) is 6.54 Å². The average Bonchev–Trinajstić information content (AvgIpc) is 2.85. The molecule has 2 rings (SSSR count). The maximum Gasteiger partial charge on any atom is 0.346 e. The maximum absolute atomic E-state index is 11.3. The van der Waals surface area contributed by atoms with Crippen LogP contribution in [-0.4, -0.2) is 37.5 Å². The van der Waals surface area contributed by atoms with Crippen molar-refractivity contribution in [2.75, 3.05) is 18.1 Å². The summed E-state index contributed by atoms with van der Waals surface area (Å²) in [6.45, 7) is 1.09. The Morgan fingerprint density at radius 1 is 1.56 bits per heavy atom. The number of sulfone groups is 1. The molecule has 0 radical (unpaired) electrons. The van der Waals surface area contributed by atoms with Crippen molar-refractivity contribution in [2.24, 2.45) is 5.92 Å². The smallest absolute Gasteiger partial charge is 0.346 e. The zero-order valence-corrected chi connectivity index (χ0v) is 11.4. The number of thiophene rings is 1. The largest absolute Gasteiger partial charge is 0.477 e. The summed E-state index contributed by atoms with van der Waals surface area (Å²) < 4.78 is 22.5. The molecule has 0 amide bonds. The third-order valence-corrected chi connectivity index (χ3v) is 5.80. The Kier molecular flexibility index (Phi) is 4.04. The molecule has 1 aromatic heterocycles. The molecule has 1 aliphatic heterocycles. The van der Waals surface area contributed by atoms with Crippen LogP contribution in [0.4, 0.5) is 0 Å². The summed E-state index contributed by atoms with van der Waals surface area (Å²) in [5.41, 5.74) is 0.758. The van der Waals surface area contributed by atoms with E-state index >= 15 is 0 Å². The highest BCUT2D eigenvalue weighted by Crippen LogP contribution is 2.19. The minimum atomic E-state index is -2.83. The third-order valence-electron chi connectivity index (χ3n) is 3.02. The van der Waals surface area contributed by atoms with Gasteiger partial charge in [-0.1, -0.05) is 0 Å². The first kappa shape index (κ1) is 13.5. The minimum Gasteiger partial charge on any atom is -0.477 e. The molecule has 1 fully saturated rings. The van der Waals surface area contributed by atoms with Crippen LogP contribution in [0.1, 0.15) is 21.7 Å². The van der Waals surface area contributed by atoms with Crippen molar-refractivity contribution < 1.29 is 18.3 Å². The molecule has 100 valence electrons. The van der Waals surface area contributed by atoms with E-state index in [-0.39, 0.29) is 17.4 Å². The van der Waals surface area contributed by atoms with Crippen molar-refractivity contribution in [3.63, 3.8) is 0 Å². The minimum absolute atomic E-state index is 0.155. The first-order chi connectivity index (χ1) is 8.48. The van der Waals surface area contributed by atoms with E-state index < -0.39 is 15.8 Å². The van der Waals surface area contributed by atoms with Gasteiger partial charge in [-0.05, 0) is 35.9 Å². The highest BCUT2D eigenvalue weighted by atomic mass is 32.2. The third kappa shape index (κ3) is 3.30. The lowest BCUT2D eigenvalue weighted by molar-refractivity contribution is 0.0701. The zero-order valence-electron chi connectivity index (χ0n) is 9.76. The van der Waals surface area contributed by atoms with E-state index in [1.54, 1.807) is 11.4 Å². The number of carboxylic acids is 1. The molecular weight excluding hydrogens is 274 g/mol. The lowest BCUT2D eigenvalue weighted by Crippen LogP contribution is -2.23. The van der Waals surface area contributed by atoms with Crippen LogP contribution in [0.2, 0.25) is 0 Å². The molecule has 2 N–H and O–H groups in total. The fraction of sp³-hybridized carbons (Fsp3) is 0.545. The van der Waals surface area contributed by atoms with Gasteiger partial charge < -0.3 is 10.4 Å². The maximum atomic E-state index is 11.3. The molecule has 0 bridgehead atoms. The van der Waals surface area contributed by atoms with Crippen LogP contribution in [0, 0.1) is 5.92 Å². The van der Waals surface area contributed by atoms with Gasteiger partial charge >= 0.3 is 5.97 Å². The Labute approximate surface area is 110 Å². The lowest BCUT2D eigenvalue weighted by atomic mass is 10.1. The molecule has 18 heavy (non-hydrogen) atoms. The molecule has 2 heterocycles. The first-order valence-corrected chi connectivity index (χ1v) is 8.39. The van der Waals surface area contributed by atoms with Crippen LogP contribution in [-0.2, 0) is 16.4 Å². The van der Waals surface area contributed by atoms with Crippen molar-refractivity contribution >= 4 is 27.1 Å². The SMILES string of the molecule is O=C(O)c1sccc1CNCC1CCS(=O)(=O)C1. The van der Waals surface area contributed by atoms with Crippen molar-refractivity contribution in [3.8, 4) is 0 Å². The second-order valence-electron chi connectivity index (χ2n) is 4.48. The molecule has 1 saturated heterocycles. The van der Waals surface area contributed by atoms with E-state index in [0.29, 0.717) is 24.4 Å². The monoisotopic (exact) mass is 289 g/mol. The molecule has 0 aromatic carbocycles. The summed E-state index contributed by atoms with van der Waals surface area (Å²) in [5, 5.41) is 13.8. The lowest BCUT2D eigenvalue weighted by Gasteiger charge is -2.09. The van der Waals surface area contributed by atoms with Gasteiger partial charge in [0.1, 0.15) is 4.88 Å². The van der Waals surface area contributed by atoms with Gasteiger partial charge in [0.15, 0.2) is 9.84 Å². The first-order valence-electron chi connectivity index (χ1n) is 5.69. The predicted molar refractivity (Wildman–Crippen MR) is 69.7 cm³/mol. The van der Waals surface area contributed by atoms with Crippen LogP contribution < -0.4 is 5.32 Å². The molecule has 0 spiro atoms. The molecule has 0 saturated carbocycles. The summed E-state index contributed by atoms with van der Waals surface area (Å²) in [6.07, 6.45) is 0.699. The fourth-order valence-corrected chi connectivity index (χ4v) is 4.73. The Bertz CT molecular complexity index is 535. The van der Waals surface area contributed by atoms with Crippen LogP contribution in [0.3, 0.4) is 0 Å². The van der Waals surface area contributed by atoms with E-state index in [1.165, 1.54) is 11.3 Å². The van der Waals surface area contributed by atoms with Gasteiger partial charge in [-0.25, -0.2) is 13.2 Å². The molecule has 1 unspecified atom stereocenters. The van der Waals surface area contributed by atoms with Crippen molar-refractivity contribution in [3.05, 3.63) is 21.9 Å². The van der Waals surface area contributed by atoms with Gasteiger partial charge in [-0.2, -0.15) is 0 Å². The zero-order chi connectivity index (χ0) is 13.2. The molecule has 1 aliphatic rings. The van der Waals surface area contributed by atoms with Gasteiger partial charge in [-0.15, -0.1) is 11.3 Å². The van der Waals surface area contributed by atoms with E-state index in [0.717, 1.165) is 5.56 Å². The molecule has 1 aromatic rings. The van der Waals surface area contributed by atoms with Crippen molar-refractivity contribution in [2.45, 2.75) is 13.0 Å². The number of nitrogens with one attached hydrogen (secondary N) is 1. The Balaban J connectivity index is 1.82. The summed E-state index contributed by atoms with van der Waals surface area (Å²) >= 11 is 1.20. The highest BCUT2D eigenvalue weighted by molar-refractivity contribution is 7.91. The quantitative estimate of drug-likeness (QED) is 0.844. The molecular formula is C11H15NO4S2. The molecule has 0 aliphatic carbocycles. The molecule has 1 atom stereocenters. The summed E-state index contributed by atoms with van der Waals surface area (Å²) in [6, 6.07) is 1.78. The van der Waals surface area contributed by atoms with E-state index in [9.17, 15) is 13.2 Å². The van der Waals surface area contributed by atoms with Crippen molar-refractivity contribution in [1.82, 2.24) is 5.32 Å². The fourth-order valence-electron chi connectivity index (χ4n) is 2.11. The number of aromatic carboxylic acids is 1. The summed E-state index contributed by atoms with van der Waals surface area (Å²) in [7, 11) is -2.83. The topological polar surface area (TPSA) is 83.5 Å². The van der Waals surface area contributed by atoms with E-state index in [4.69, 9.17) is 5.11 Å². The predicted octanol–water partition coefficient (Wildman–Crippen LogP) is 0.971. The molecule has 7 heteroatoms. The highest BCUT2D eigenvalue weighted by Gasteiger charge is 2.27. The second kappa shape index (κ2) is 5.38. The standard InChI is InChI=1S/C11H15NO4S2/c13-11(14)10-9(1-3-17-10)6-12-5-8-2-4-18(15,16)7-8/h1,3,8,12H,2,4-7H2,(H,13,14). The van der Waals surface area contributed by atoms with Gasteiger partial charge in [-0.3, -0.25) is 0 Å². The normalized spacial score (nSPS) is 22.1. The van der Waals surface area contributed by atoms with Crippen molar-refractivity contribution in [1.29, 1.82) is 0 Å². The summed E-state index contributed by atoms with van der Waals surface area (Å²) in [4.78, 5) is 11.2. The van der Waals surface area contributed by atoms with Crippen LogP contribution in [0.5, 0.6) is 0 Å². The Morgan fingerprint density at radius 2 is 2.33 bits per heavy atom. The number of carboxylic acid groups (broad SMARTS) is 1. The van der Waals surface area contributed by atoms with Gasteiger partial charge in [0.05, 0.1) is 11.5 Å². The van der Waals surface area contributed by atoms with Gasteiger partial charge in [0.2, 0.25) is 0 Å². The van der Waals surface area contributed by atoms with E-state index in [2.05, 4.69) is 5.32 Å². The van der Waals surface area contributed by atoms with Crippen LogP contribution in [0.15, 0.2) is 11.4 Å². The Morgan fingerprint density at radius 3 is 2.94 bits per heavy atom. The Hall–Kier alpha value is -0.920. The second-order valence-corrected chi connectivity index (χ2v) is 7.62. The number of hydrogen-bond acceptors (Lipinski definition) is 5. The summed E-state index contributed by atoms with van der Waals surface area (Å²) in [5.74, 6) is -0.236. The number of hydrogen-bond donors (Lipinski definition) is 2. The van der Waals surface area contributed by atoms with Crippen LogP contribution >= 0.6 is 11.3 Å². The molecule has 5 nitrogen and oxygen atoms in total.